The van der Waals surface area contributed by atoms with Gasteiger partial charge in [-0.25, -0.2) is 4.98 Å². The number of ether oxygens (including phenoxy) is 2. The number of likely N-dealkylation sites (tertiary alicyclic amines) is 1. The topological polar surface area (TPSA) is 64.5 Å². The Hall–Kier alpha value is -2.63. The average molecular weight is 355 g/mol. The lowest BCUT2D eigenvalue weighted by molar-refractivity contribution is 0.0587. The molecule has 0 atom stereocenters. The second kappa shape index (κ2) is 9.17. The number of carbonyl (C=O) groups is 1. The predicted octanol–water partition coefficient (Wildman–Crippen LogP) is 3.34. The molecule has 0 radical (unpaired) electrons. The summed E-state index contributed by atoms with van der Waals surface area (Å²) in [5.74, 6) is 1.41. The quantitative estimate of drug-likeness (QED) is 0.713. The highest BCUT2D eigenvalue weighted by atomic mass is 16.5. The highest BCUT2D eigenvalue weighted by Crippen LogP contribution is 2.19. The van der Waals surface area contributed by atoms with E-state index in [2.05, 4.69) is 16.9 Å². The van der Waals surface area contributed by atoms with Gasteiger partial charge in [0, 0.05) is 43.9 Å². The minimum Gasteiger partial charge on any atom is -0.494 e. The van der Waals surface area contributed by atoms with Gasteiger partial charge in [-0.2, -0.15) is 0 Å². The average Bonchev–Trinajstić information content (AvgIpc) is 2.70. The molecule has 0 spiro atoms. The summed E-state index contributed by atoms with van der Waals surface area (Å²) in [5.41, 5.74) is 0.695. The van der Waals surface area contributed by atoms with Crippen molar-refractivity contribution in [2.45, 2.75) is 38.7 Å². The van der Waals surface area contributed by atoms with Crippen molar-refractivity contribution in [3.63, 3.8) is 0 Å². The Kier molecular flexibility index (Phi) is 6.41. The van der Waals surface area contributed by atoms with E-state index in [1.807, 2.05) is 29.2 Å². The van der Waals surface area contributed by atoms with Crippen molar-refractivity contribution in [3.05, 3.63) is 48.4 Å². The lowest BCUT2D eigenvalue weighted by Gasteiger charge is -2.32. The van der Waals surface area contributed by atoms with E-state index in [0.29, 0.717) is 31.1 Å². The van der Waals surface area contributed by atoms with Gasteiger partial charge in [0.25, 0.3) is 5.91 Å². The number of unbranched alkanes of at least 4 members (excludes halogenated alkanes) is 1. The summed E-state index contributed by atoms with van der Waals surface area (Å²) in [4.78, 5) is 22.7. The number of nitrogens with zero attached hydrogens (tertiary/aromatic N) is 3. The van der Waals surface area contributed by atoms with Gasteiger partial charge < -0.3 is 14.4 Å². The Bertz CT molecular complexity index is 683. The van der Waals surface area contributed by atoms with E-state index in [9.17, 15) is 4.79 Å². The molecule has 2 heterocycles. The fourth-order valence-corrected chi connectivity index (χ4v) is 2.90. The first kappa shape index (κ1) is 18.2. The van der Waals surface area contributed by atoms with E-state index in [-0.39, 0.29) is 12.0 Å². The number of carbonyl (C=O) groups excluding carboxylic acids is 1. The lowest BCUT2D eigenvalue weighted by atomic mass is 10.1. The van der Waals surface area contributed by atoms with Crippen LogP contribution in [0, 0.1) is 0 Å². The monoisotopic (exact) mass is 355 g/mol. The third-order valence-electron chi connectivity index (χ3n) is 4.42. The zero-order valence-corrected chi connectivity index (χ0v) is 15.1. The van der Waals surface area contributed by atoms with Crippen molar-refractivity contribution in [2.75, 3.05) is 19.7 Å². The normalized spacial score (nSPS) is 14.9. The fraction of sp³-hybridized carbons (Fsp3) is 0.450. The molecule has 26 heavy (non-hydrogen) atoms. The molecule has 0 unspecified atom stereocenters. The maximum absolute atomic E-state index is 12.7. The summed E-state index contributed by atoms with van der Waals surface area (Å²) < 4.78 is 11.5. The summed E-state index contributed by atoms with van der Waals surface area (Å²) >= 11 is 0. The van der Waals surface area contributed by atoms with E-state index in [4.69, 9.17) is 9.47 Å². The molecule has 1 fully saturated rings. The molecule has 0 bridgehead atoms. The van der Waals surface area contributed by atoms with Crippen LogP contribution in [0.25, 0.3) is 0 Å². The first-order valence-electron chi connectivity index (χ1n) is 9.21. The number of aromatic nitrogens is 2. The van der Waals surface area contributed by atoms with Gasteiger partial charge in [-0.1, -0.05) is 13.3 Å². The Morgan fingerprint density at radius 3 is 2.62 bits per heavy atom. The van der Waals surface area contributed by atoms with Crippen molar-refractivity contribution in [2.24, 2.45) is 0 Å². The first-order chi connectivity index (χ1) is 12.8. The van der Waals surface area contributed by atoms with Crippen molar-refractivity contribution >= 4 is 5.91 Å². The molecule has 1 aliphatic rings. The summed E-state index contributed by atoms with van der Waals surface area (Å²) in [6, 6.07) is 7.41. The van der Waals surface area contributed by atoms with E-state index in [0.717, 1.165) is 31.4 Å². The van der Waals surface area contributed by atoms with Crippen molar-refractivity contribution in [1.82, 2.24) is 14.9 Å². The molecule has 2 aromatic rings. The summed E-state index contributed by atoms with van der Waals surface area (Å²) in [7, 11) is 0. The molecule has 1 amide bonds. The van der Waals surface area contributed by atoms with Crippen LogP contribution in [0.2, 0.25) is 0 Å². The maximum Gasteiger partial charge on any atom is 0.253 e. The van der Waals surface area contributed by atoms with Gasteiger partial charge in [0.1, 0.15) is 11.9 Å². The van der Waals surface area contributed by atoms with E-state index in [1.165, 1.54) is 0 Å². The summed E-state index contributed by atoms with van der Waals surface area (Å²) in [5, 5.41) is 0. The fourth-order valence-electron chi connectivity index (χ4n) is 2.90. The molecule has 1 saturated heterocycles. The third kappa shape index (κ3) is 4.94. The van der Waals surface area contributed by atoms with Crippen LogP contribution in [-0.4, -0.2) is 46.6 Å². The molecular formula is C20H25N3O3. The SMILES string of the molecule is CCCCOc1ccc(C(=O)N2CCC(Oc3cnccn3)CC2)cc1. The number of piperidine rings is 1. The van der Waals surface area contributed by atoms with Gasteiger partial charge in [-0.15, -0.1) is 0 Å². The van der Waals surface area contributed by atoms with Crippen LogP contribution in [0.15, 0.2) is 42.9 Å². The molecule has 1 aromatic heterocycles. The molecule has 3 rings (SSSR count). The molecule has 138 valence electrons. The maximum atomic E-state index is 12.7. The third-order valence-corrected chi connectivity index (χ3v) is 4.42. The second-order valence-corrected chi connectivity index (χ2v) is 6.38. The molecule has 1 aliphatic heterocycles. The number of benzene rings is 1. The standard InChI is InChI=1S/C20H25N3O3/c1-2-3-14-25-17-6-4-16(5-7-17)20(24)23-12-8-18(9-13-23)26-19-15-21-10-11-22-19/h4-7,10-11,15,18H,2-3,8-9,12-14H2,1H3. The zero-order chi connectivity index (χ0) is 18.2. The van der Waals surface area contributed by atoms with Crippen molar-refractivity contribution in [3.8, 4) is 11.6 Å². The van der Waals surface area contributed by atoms with Crippen molar-refractivity contribution in [1.29, 1.82) is 0 Å². The summed E-state index contributed by atoms with van der Waals surface area (Å²) in [6.07, 6.45) is 8.64. The number of hydrogen-bond acceptors (Lipinski definition) is 5. The minimum atomic E-state index is 0.0584. The van der Waals surface area contributed by atoms with Gasteiger partial charge in [0.15, 0.2) is 0 Å². The van der Waals surface area contributed by atoms with Gasteiger partial charge in [0.05, 0.1) is 12.8 Å². The number of rotatable bonds is 7. The first-order valence-corrected chi connectivity index (χ1v) is 9.21. The van der Waals surface area contributed by atoms with Gasteiger partial charge in [-0.3, -0.25) is 9.78 Å². The Morgan fingerprint density at radius 2 is 1.96 bits per heavy atom. The Morgan fingerprint density at radius 1 is 1.19 bits per heavy atom. The Balaban J connectivity index is 1.48. The van der Waals surface area contributed by atoms with Crippen LogP contribution < -0.4 is 9.47 Å². The molecule has 1 aromatic carbocycles. The molecular weight excluding hydrogens is 330 g/mol. The minimum absolute atomic E-state index is 0.0584. The second-order valence-electron chi connectivity index (χ2n) is 6.38. The van der Waals surface area contributed by atoms with E-state index < -0.39 is 0 Å². The van der Waals surface area contributed by atoms with E-state index >= 15 is 0 Å². The van der Waals surface area contributed by atoms with Gasteiger partial charge in [-0.05, 0) is 30.7 Å². The highest BCUT2D eigenvalue weighted by Gasteiger charge is 2.25. The number of amides is 1. The molecule has 6 nitrogen and oxygen atoms in total. The largest absolute Gasteiger partial charge is 0.494 e. The van der Waals surface area contributed by atoms with Crippen LogP contribution in [0.1, 0.15) is 43.0 Å². The van der Waals surface area contributed by atoms with Crippen LogP contribution in [-0.2, 0) is 0 Å². The van der Waals surface area contributed by atoms with E-state index in [1.54, 1.807) is 18.6 Å². The van der Waals surface area contributed by atoms with Gasteiger partial charge in [0.2, 0.25) is 5.88 Å². The molecule has 0 saturated carbocycles. The smallest absolute Gasteiger partial charge is 0.253 e. The highest BCUT2D eigenvalue weighted by molar-refractivity contribution is 5.94. The summed E-state index contributed by atoms with van der Waals surface area (Å²) in [6.45, 7) is 4.20. The lowest BCUT2D eigenvalue weighted by Crippen LogP contribution is -2.41. The number of hydrogen-bond donors (Lipinski definition) is 0. The van der Waals surface area contributed by atoms with Crippen LogP contribution >= 0.6 is 0 Å². The van der Waals surface area contributed by atoms with Crippen LogP contribution in [0.3, 0.4) is 0 Å². The molecule has 6 heteroatoms. The van der Waals surface area contributed by atoms with Crippen LogP contribution in [0.5, 0.6) is 11.6 Å². The van der Waals surface area contributed by atoms with Crippen LogP contribution in [0.4, 0.5) is 0 Å². The zero-order valence-electron chi connectivity index (χ0n) is 15.1. The Labute approximate surface area is 154 Å². The van der Waals surface area contributed by atoms with Gasteiger partial charge >= 0.3 is 0 Å². The molecule has 0 N–H and O–H groups in total. The van der Waals surface area contributed by atoms with Crippen molar-refractivity contribution < 1.29 is 14.3 Å². The molecule has 0 aliphatic carbocycles. The predicted molar refractivity (Wildman–Crippen MR) is 98.4 cm³/mol.